The Morgan fingerprint density at radius 3 is 2.51 bits per heavy atom. The molecule has 1 saturated heterocycles. The summed E-state index contributed by atoms with van der Waals surface area (Å²) in [6.45, 7) is 4.45. The molecule has 5 atom stereocenters. The molecule has 14 heteroatoms. The maximum atomic E-state index is 13.3. The Labute approximate surface area is 291 Å². The predicted octanol–water partition coefficient (Wildman–Crippen LogP) is 5.14. The number of phenols is 1. The summed E-state index contributed by atoms with van der Waals surface area (Å²) < 4.78 is 68.7. The van der Waals surface area contributed by atoms with Gasteiger partial charge in [0.2, 0.25) is 6.79 Å². The molecule has 4 aliphatic heterocycles. The molecule has 0 spiro atoms. The third-order valence-electron chi connectivity index (χ3n) is 10.4. The Bertz CT molecular complexity index is 1960. The molecule has 3 aromatic rings. The van der Waals surface area contributed by atoms with Gasteiger partial charge in [-0.05, 0) is 68.6 Å². The van der Waals surface area contributed by atoms with Crippen LogP contribution in [-0.4, -0.2) is 77.8 Å². The zero-order chi connectivity index (χ0) is 36.5. The van der Waals surface area contributed by atoms with E-state index in [1.807, 2.05) is 29.8 Å². The molecule has 270 valence electrons. The predicted molar refractivity (Wildman–Crippen MR) is 176 cm³/mol. The lowest BCUT2D eigenvalue weighted by atomic mass is 9.73. The number of alkyl halides is 3. The van der Waals surface area contributed by atoms with Gasteiger partial charge in [-0.1, -0.05) is 18.2 Å². The minimum Gasteiger partial charge on any atom is -0.504 e. The van der Waals surface area contributed by atoms with Crippen molar-refractivity contribution in [2.24, 2.45) is 0 Å². The number of fused-ring (bicyclic) bond motifs is 9. The van der Waals surface area contributed by atoms with E-state index in [1.54, 1.807) is 6.92 Å². The van der Waals surface area contributed by atoms with Gasteiger partial charge in [0.25, 0.3) is 0 Å². The second-order valence-electron chi connectivity index (χ2n) is 13.3. The number of carbonyl (C=O) groups is 2. The summed E-state index contributed by atoms with van der Waals surface area (Å²) >= 11 is 0. The van der Waals surface area contributed by atoms with Gasteiger partial charge >= 0.3 is 18.1 Å². The number of aryl methyl sites for hydroxylation is 1. The van der Waals surface area contributed by atoms with E-state index in [0.29, 0.717) is 45.9 Å². The lowest BCUT2D eigenvalue weighted by Gasteiger charge is -2.60. The summed E-state index contributed by atoms with van der Waals surface area (Å²) in [6.07, 6.45) is -2.73. The summed E-state index contributed by atoms with van der Waals surface area (Å²) in [5, 5.41) is 23.8. The molecule has 11 nitrogen and oxygen atoms in total. The van der Waals surface area contributed by atoms with Gasteiger partial charge in [-0.25, -0.2) is 4.79 Å². The van der Waals surface area contributed by atoms with Crippen molar-refractivity contribution < 1.29 is 56.7 Å². The molecule has 0 saturated carbocycles. The van der Waals surface area contributed by atoms with E-state index in [1.165, 1.54) is 32.2 Å². The fourth-order valence-corrected chi connectivity index (χ4v) is 8.27. The van der Waals surface area contributed by atoms with Crippen LogP contribution < -0.4 is 18.9 Å². The molecule has 0 aromatic heterocycles. The highest BCUT2D eigenvalue weighted by atomic mass is 19.4. The molecule has 0 radical (unpaired) electrons. The third kappa shape index (κ3) is 5.75. The number of aliphatic hydroxyl groups is 1. The number of hydrogen-bond donors (Lipinski definition) is 2. The second kappa shape index (κ2) is 12.8. The zero-order valence-electron chi connectivity index (χ0n) is 28.5. The number of nitrogens with zero attached hydrogens (tertiary/aromatic N) is 2. The number of phenolic OH excluding ortho intramolecular Hbond substituents is 1. The van der Waals surface area contributed by atoms with E-state index in [4.69, 9.17) is 23.7 Å². The molecule has 1 unspecified atom stereocenters. The van der Waals surface area contributed by atoms with Gasteiger partial charge in [0.05, 0.1) is 30.8 Å². The zero-order valence-corrected chi connectivity index (χ0v) is 28.5. The van der Waals surface area contributed by atoms with Crippen LogP contribution in [0, 0.1) is 13.8 Å². The fourth-order valence-electron chi connectivity index (χ4n) is 8.27. The van der Waals surface area contributed by atoms with Crippen molar-refractivity contribution in [2.45, 2.75) is 70.2 Å². The first-order chi connectivity index (χ1) is 24.2. The Morgan fingerprint density at radius 2 is 1.80 bits per heavy atom. The van der Waals surface area contributed by atoms with Crippen molar-refractivity contribution in [2.75, 3.05) is 27.6 Å². The maximum Gasteiger partial charge on any atom is 0.416 e. The van der Waals surface area contributed by atoms with Gasteiger partial charge in [-0.15, -0.1) is 0 Å². The van der Waals surface area contributed by atoms with Crippen LogP contribution in [0.5, 0.6) is 28.7 Å². The van der Waals surface area contributed by atoms with E-state index in [0.717, 1.165) is 29.3 Å². The molecule has 2 bridgehead atoms. The molecule has 0 amide bonds. The van der Waals surface area contributed by atoms with Crippen LogP contribution in [0.15, 0.2) is 36.4 Å². The standard InChI is InChI=1S/C37H37F3N2O9/c1-17-11-21-13-25-36(46)42-24(30(41(25)4)28(21)31(45)32(17)47-5)14-23-29(35-34(49-16-50-35)18(2)33(23)51-19(3)43)26(42)15-48-27(44)10-9-20-7-6-8-22(12-20)37(38,39)40/h6-12,24-26,30,36,45-46H,13-16H2,1-5H3/b10-9+/t24?,25-,26-,30-,36-/m0/s1. The average Bonchev–Trinajstić information content (AvgIpc) is 3.57. The van der Waals surface area contributed by atoms with Crippen LogP contribution in [0.2, 0.25) is 0 Å². The van der Waals surface area contributed by atoms with Crippen LogP contribution in [0.3, 0.4) is 0 Å². The molecular formula is C37H37F3N2O9. The van der Waals surface area contributed by atoms with E-state index in [9.17, 15) is 33.0 Å². The fraction of sp³-hybridized carbons (Fsp3) is 0.405. The van der Waals surface area contributed by atoms with Gasteiger partial charge < -0.3 is 33.9 Å². The highest BCUT2D eigenvalue weighted by molar-refractivity contribution is 5.87. The number of benzene rings is 3. The van der Waals surface area contributed by atoms with Crippen molar-refractivity contribution in [3.05, 3.63) is 80.9 Å². The quantitative estimate of drug-likeness (QED) is 0.201. The van der Waals surface area contributed by atoms with Gasteiger partial charge in [0.1, 0.15) is 18.6 Å². The summed E-state index contributed by atoms with van der Waals surface area (Å²) in [5.74, 6) is -0.0639. The Hall–Kier alpha value is -4.79. The number of aliphatic hydroxyl groups excluding tert-OH is 1. The summed E-state index contributed by atoms with van der Waals surface area (Å²) in [5.41, 5.74) is 3.22. The normalized spacial score (nSPS) is 23.7. The smallest absolute Gasteiger partial charge is 0.416 e. The van der Waals surface area contributed by atoms with E-state index in [-0.39, 0.29) is 36.9 Å². The van der Waals surface area contributed by atoms with Gasteiger partial charge in [-0.2, -0.15) is 13.2 Å². The van der Waals surface area contributed by atoms with Gasteiger partial charge in [-0.3, -0.25) is 14.6 Å². The minimum absolute atomic E-state index is 0.00489. The van der Waals surface area contributed by atoms with Crippen LogP contribution >= 0.6 is 0 Å². The summed E-state index contributed by atoms with van der Waals surface area (Å²) in [4.78, 5) is 29.5. The Balaban J connectivity index is 1.33. The number of ether oxygens (including phenoxy) is 5. The van der Waals surface area contributed by atoms with Crippen LogP contribution in [0.1, 0.15) is 63.5 Å². The van der Waals surface area contributed by atoms with E-state index < -0.39 is 54.1 Å². The molecule has 1 fully saturated rings. The average molecular weight is 711 g/mol. The lowest BCUT2D eigenvalue weighted by molar-refractivity contribution is -0.182. The minimum atomic E-state index is -4.55. The van der Waals surface area contributed by atoms with Crippen LogP contribution in [-0.2, 0) is 33.3 Å². The SMILES string of the molecule is COc1c(C)cc2c(c1O)[C@@H]1C3Cc4c(OC(C)=O)c(C)c5c(c4[C@H](COC(=O)/C=C/c4cccc(C(F)(F)F)c4)N3[C@@H](O)[C@H](C2)N1C)OCO5. The molecular weight excluding hydrogens is 673 g/mol. The third-order valence-corrected chi connectivity index (χ3v) is 10.4. The number of esters is 2. The number of rotatable bonds is 6. The van der Waals surface area contributed by atoms with Crippen molar-refractivity contribution in [3.8, 4) is 28.7 Å². The highest BCUT2D eigenvalue weighted by Crippen LogP contribution is 2.58. The van der Waals surface area contributed by atoms with E-state index >= 15 is 0 Å². The van der Waals surface area contributed by atoms with E-state index in [2.05, 4.69) is 0 Å². The molecule has 2 N–H and O–H groups in total. The first-order valence-corrected chi connectivity index (χ1v) is 16.4. The maximum absolute atomic E-state index is 13.3. The number of likely N-dealkylation sites (N-methyl/N-ethyl adjacent to an activating group) is 1. The van der Waals surface area contributed by atoms with Crippen molar-refractivity contribution in [1.29, 1.82) is 0 Å². The molecule has 7 rings (SSSR count). The monoisotopic (exact) mass is 710 g/mol. The first kappa shape index (κ1) is 34.6. The Morgan fingerprint density at radius 1 is 1.06 bits per heavy atom. The lowest BCUT2D eigenvalue weighted by Crippen LogP contribution is -2.68. The molecule has 4 aliphatic rings. The second-order valence-corrected chi connectivity index (χ2v) is 13.3. The van der Waals surface area contributed by atoms with Gasteiger partial charge in [0.15, 0.2) is 23.0 Å². The first-order valence-electron chi connectivity index (χ1n) is 16.4. The number of piperazine rings is 1. The molecule has 51 heavy (non-hydrogen) atoms. The molecule has 0 aliphatic carbocycles. The van der Waals surface area contributed by atoms with Crippen molar-refractivity contribution >= 4 is 18.0 Å². The summed E-state index contributed by atoms with van der Waals surface area (Å²) in [6, 6.07) is 4.17. The summed E-state index contributed by atoms with van der Waals surface area (Å²) in [7, 11) is 3.37. The molecule has 4 heterocycles. The largest absolute Gasteiger partial charge is 0.504 e. The van der Waals surface area contributed by atoms with Crippen LogP contribution in [0.25, 0.3) is 6.08 Å². The highest BCUT2D eigenvalue weighted by Gasteiger charge is 2.56. The van der Waals surface area contributed by atoms with Crippen LogP contribution in [0.4, 0.5) is 13.2 Å². The number of carbonyl (C=O) groups excluding carboxylic acids is 2. The topological polar surface area (TPSA) is 127 Å². The van der Waals surface area contributed by atoms with Crippen molar-refractivity contribution in [3.63, 3.8) is 0 Å². The van der Waals surface area contributed by atoms with Crippen molar-refractivity contribution in [1.82, 2.24) is 9.80 Å². The Kier molecular flexibility index (Phi) is 8.67. The number of methoxy groups -OCH3 is 1. The number of aromatic hydroxyl groups is 1. The number of hydrogen-bond acceptors (Lipinski definition) is 11. The van der Waals surface area contributed by atoms with Gasteiger partial charge in [0, 0.05) is 41.3 Å². The number of halogens is 3. The molecule has 3 aromatic carbocycles.